The van der Waals surface area contributed by atoms with Crippen molar-refractivity contribution in [2.24, 2.45) is 0 Å². The van der Waals surface area contributed by atoms with Crippen molar-refractivity contribution in [2.45, 2.75) is 0 Å². The smallest absolute Gasteiger partial charge is 0.348 e. The summed E-state index contributed by atoms with van der Waals surface area (Å²) in [5.74, 6) is -1.58. The van der Waals surface area contributed by atoms with Crippen molar-refractivity contribution in [2.75, 3.05) is 5.32 Å². The van der Waals surface area contributed by atoms with Crippen molar-refractivity contribution in [3.8, 4) is 0 Å². The molecule has 92 valence electrons. The van der Waals surface area contributed by atoms with Gasteiger partial charge in [0.1, 0.15) is 10.0 Å². The molecular formula is C11H7ClN2O3S. The second kappa shape index (κ2) is 5.16. The van der Waals surface area contributed by atoms with Gasteiger partial charge in [0.25, 0.3) is 5.91 Å². The van der Waals surface area contributed by atoms with Gasteiger partial charge in [0, 0.05) is 6.20 Å². The molecule has 5 nitrogen and oxygen atoms in total. The van der Waals surface area contributed by atoms with E-state index in [0.29, 0.717) is 0 Å². The van der Waals surface area contributed by atoms with Gasteiger partial charge in [-0.05, 0) is 23.6 Å². The topological polar surface area (TPSA) is 79.3 Å². The number of aromatic carboxylic acids is 1. The second-order valence-electron chi connectivity index (χ2n) is 3.26. The van der Waals surface area contributed by atoms with Crippen LogP contribution in [0.15, 0.2) is 29.8 Å². The molecular weight excluding hydrogens is 276 g/mol. The van der Waals surface area contributed by atoms with Crippen molar-refractivity contribution >= 4 is 40.5 Å². The van der Waals surface area contributed by atoms with Crippen LogP contribution in [0.2, 0.25) is 5.15 Å². The zero-order chi connectivity index (χ0) is 13.1. The maximum absolute atomic E-state index is 11.9. The Morgan fingerprint density at radius 1 is 1.39 bits per heavy atom. The highest BCUT2D eigenvalue weighted by Gasteiger charge is 2.16. The van der Waals surface area contributed by atoms with E-state index in [2.05, 4.69) is 10.3 Å². The summed E-state index contributed by atoms with van der Waals surface area (Å²) >= 11 is 6.81. The molecule has 0 radical (unpaired) electrons. The second-order valence-corrected chi connectivity index (χ2v) is 4.54. The summed E-state index contributed by atoms with van der Waals surface area (Å²) in [5, 5.41) is 13.1. The quantitative estimate of drug-likeness (QED) is 0.849. The summed E-state index contributed by atoms with van der Waals surface area (Å²) in [6.07, 6.45) is 1.46. The molecule has 2 rings (SSSR count). The van der Waals surface area contributed by atoms with Gasteiger partial charge in [0.05, 0.1) is 11.3 Å². The molecule has 1 amide bonds. The fraction of sp³-hybridized carbons (Fsp3) is 0. The molecule has 0 aliphatic heterocycles. The van der Waals surface area contributed by atoms with Gasteiger partial charge >= 0.3 is 5.97 Å². The minimum Gasteiger partial charge on any atom is -0.477 e. The van der Waals surface area contributed by atoms with Gasteiger partial charge in [-0.2, -0.15) is 0 Å². The van der Waals surface area contributed by atoms with E-state index in [-0.39, 0.29) is 21.3 Å². The standard InChI is InChI=1S/C11H7ClN2O3S/c12-9-6(2-1-4-13-9)10(15)14-7-3-5-18-8(7)11(16)17/h1-5H,(H,14,15)(H,16,17). The van der Waals surface area contributed by atoms with Crippen LogP contribution in [-0.4, -0.2) is 22.0 Å². The third kappa shape index (κ3) is 2.49. The minimum atomic E-state index is -1.09. The van der Waals surface area contributed by atoms with E-state index in [0.717, 1.165) is 11.3 Å². The number of nitrogens with one attached hydrogen (secondary N) is 1. The lowest BCUT2D eigenvalue weighted by Crippen LogP contribution is -2.14. The van der Waals surface area contributed by atoms with E-state index >= 15 is 0 Å². The normalized spacial score (nSPS) is 10.1. The molecule has 2 aromatic rings. The summed E-state index contributed by atoms with van der Waals surface area (Å²) in [4.78, 5) is 26.6. The summed E-state index contributed by atoms with van der Waals surface area (Å²) in [6.45, 7) is 0. The van der Waals surface area contributed by atoms with Crippen LogP contribution in [0.1, 0.15) is 20.0 Å². The Labute approximate surface area is 111 Å². The van der Waals surface area contributed by atoms with Crippen molar-refractivity contribution in [3.63, 3.8) is 0 Å². The van der Waals surface area contributed by atoms with Crippen LogP contribution in [0.4, 0.5) is 5.69 Å². The summed E-state index contributed by atoms with van der Waals surface area (Å²) < 4.78 is 0. The van der Waals surface area contributed by atoms with Gasteiger partial charge in [0.15, 0.2) is 0 Å². The fourth-order valence-corrected chi connectivity index (χ4v) is 2.21. The van der Waals surface area contributed by atoms with Crippen molar-refractivity contribution in [1.82, 2.24) is 4.98 Å². The number of carboxylic acids is 1. The number of rotatable bonds is 3. The fourth-order valence-electron chi connectivity index (χ4n) is 1.32. The molecule has 0 spiro atoms. The summed E-state index contributed by atoms with van der Waals surface area (Å²) in [7, 11) is 0. The summed E-state index contributed by atoms with van der Waals surface area (Å²) in [5.41, 5.74) is 0.444. The van der Waals surface area contributed by atoms with Gasteiger partial charge in [-0.15, -0.1) is 11.3 Å². The zero-order valence-electron chi connectivity index (χ0n) is 8.88. The molecule has 0 fully saturated rings. The zero-order valence-corrected chi connectivity index (χ0v) is 10.5. The minimum absolute atomic E-state index is 0.0714. The van der Waals surface area contributed by atoms with Gasteiger partial charge in [-0.25, -0.2) is 9.78 Å². The number of carbonyl (C=O) groups excluding carboxylic acids is 1. The van der Waals surface area contributed by atoms with E-state index < -0.39 is 11.9 Å². The number of nitrogens with zero attached hydrogens (tertiary/aromatic N) is 1. The molecule has 0 unspecified atom stereocenters. The molecule has 18 heavy (non-hydrogen) atoms. The largest absolute Gasteiger partial charge is 0.477 e. The molecule has 2 heterocycles. The van der Waals surface area contributed by atoms with Gasteiger partial charge in [0.2, 0.25) is 0 Å². The Bertz CT molecular complexity index is 612. The SMILES string of the molecule is O=C(Nc1ccsc1C(=O)O)c1cccnc1Cl. The lowest BCUT2D eigenvalue weighted by atomic mass is 10.2. The van der Waals surface area contributed by atoms with E-state index in [1.165, 1.54) is 18.3 Å². The first-order chi connectivity index (χ1) is 8.59. The van der Waals surface area contributed by atoms with Gasteiger partial charge in [-0.3, -0.25) is 4.79 Å². The molecule has 7 heteroatoms. The van der Waals surface area contributed by atoms with Crippen LogP contribution in [0, 0.1) is 0 Å². The van der Waals surface area contributed by atoms with Crippen LogP contribution >= 0.6 is 22.9 Å². The van der Waals surface area contributed by atoms with E-state index in [1.54, 1.807) is 11.4 Å². The first kappa shape index (κ1) is 12.5. The number of aromatic nitrogens is 1. The molecule has 0 atom stereocenters. The first-order valence-corrected chi connectivity index (χ1v) is 6.08. The first-order valence-electron chi connectivity index (χ1n) is 4.82. The van der Waals surface area contributed by atoms with Crippen molar-refractivity contribution < 1.29 is 14.7 Å². The Morgan fingerprint density at radius 2 is 2.17 bits per heavy atom. The lowest BCUT2D eigenvalue weighted by molar-refractivity contribution is 0.0703. The number of thiophene rings is 1. The number of anilines is 1. The van der Waals surface area contributed by atoms with Gasteiger partial charge < -0.3 is 10.4 Å². The average Bonchev–Trinajstić information content (AvgIpc) is 2.77. The van der Waals surface area contributed by atoms with E-state index in [9.17, 15) is 9.59 Å². The van der Waals surface area contributed by atoms with Crippen LogP contribution < -0.4 is 5.32 Å². The highest BCUT2D eigenvalue weighted by atomic mass is 35.5. The Morgan fingerprint density at radius 3 is 2.83 bits per heavy atom. The molecule has 0 saturated carbocycles. The number of halogens is 1. The predicted octanol–water partition coefficient (Wildman–Crippen LogP) is 2.75. The van der Waals surface area contributed by atoms with Crippen molar-refractivity contribution in [1.29, 1.82) is 0 Å². The number of amides is 1. The van der Waals surface area contributed by atoms with E-state index in [4.69, 9.17) is 16.7 Å². The maximum Gasteiger partial charge on any atom is 0.348 e. The molecule has 0 aromatic carbocycles. The molecule has 0 aliphatic carbocycles. The van der Waals surface area contributed by atoms with E-state index in [1.807, 2.05) is 0 Å². The summed E-state index contributed by atoms with van der Waals surface area (Å²) in [6, 6.07) is 4.61. The highest BCUT2D eigenvalue weighted by molar-refractivity contribution is 7.12. The molecule has 0 bridgehead atoms. The van der Waals surface area contributed by atoms with Crippen molar-refractivity contribution in [3.05, 3.63) is 45.4 Å². The third-order valence-electron chi connectivity index (χ3n) is 2.11. The molecule has 0 saturated heterocycles. The lowest BCUT2D eigenvalue weighted by Gasteiger charge is -2.05. The Kier molecular flexibility index (Phi) is 3.59. The Balaban J connectivity index is 2.25. The monoisotopic (exact) mass is 282 g/mol. The number of carbonyl (C=O) groups is 2. The van der Waals surface area contributed by atoms with Gasteiger partial charge in [-0.1, -0.05) is 11.6 Å². The molecule has 2 N–H and O–H groups in total. The van der Waals surface area contributed by atoms with Crippen LogP contribution in [0.5, 0.6) is 0 Å². The third-order valence-corrected chi connectivity index (χ3v) is 3.31. The maximum atomic E-state index is 11.9. The highest BCUT2D eigenvalue weighted by Crippen LogP contribution is 2.23. The number of hydrogen-bond donors (Lipinski definition) is 2. The van der Waals surface area contributed by atoms with Crippen LogP contribution in [-0.2, 0) is 0 Å². The Hall–Kier alpha value is -1.92. The molecule has 2 aromatic heterocycles. The predicted molar refractivity (Wildman–Crippen MR) is 68.5 cm³/mol. The number of hydrogen-bond acceptors (Lipinski definition) is 4. The number of pyridine rings is 1. The average molecular weight is 283 g/mol. The van der Waals surface area contributed by atoms with Crippen LogP contribution in [0.25, 0.3) is 0 Å². The molecule has 0 aliphatic rings. The number of carboxylic acid groups (broad SMARTS) is 1. The van der Waals surface area contributed by atoms with Crippen LogP contribution in [0.3, 0.4) is 0 Å².